The summed E-state index contributed by atoms with van der Waals surface area (Å²) in [6, 6.07) is 8.77. The maximum atomic E-state index is 12.2. The predicted molar refractivity (Wildman–Crippen MR) is 84.3 cm³/mol. The largest absolute Gasteiger partial charge is 0.366 e. The van der Waals surface area contributed by atoms with E-state index in [0.29, 0.717) is 16.1 Å². The van der Waals surface area contributed by atoms with E-state index in [9.17, 15) is 9.59 Å². The van der Waals surface area contributed by atoms with E-state index in [0.717, 1.165) is 15.8 Å². The lowest BCUT2D eigenvalue weighted by Crippen LogP contribution is -2.16. The van der Waals surface area contributed by atoms with Gasteiger partial charge in [0.15, 0.2) is 0 Å². The molecule has 1 heterocycles. The molecule has 0 fully saturated rings. The summed E-state index contributed by atoms with van der Waals surface area (Å²) in [5.41, 5.74) is 6.20. The number of hydrogen-bond donors (Lipinski definition) is 2. The van der Waals surface area contributed by atoms with Gasteiger partial charge in [-0.25, -0.2) is 0 Å². The van der Waals surface area contributed by atoms with Crippen LogP contribution in [0.25, 0.3) is 0 Å². The lowest BCUT2D eigenvalue weighted by atomic mass is 10.2. The van der Waals surface area contributed by atoms with Crippen molar-refractivity contribution in [2.24, 2.45) is 5.73 Å². The van der Waals surface area contributed by atoms with Gasteiger partial charge >= 0.3 is 0 Å². The molecule has 2 rings (SSSR count). The van der Waals surface area contributed by atoms with Gasteiger partial charge in [0.2, 0.25) is 0 Å². The highest BCUT2D eigenvalue weighted by Crippen LogP contribution is 2.28. The van der Waals surface area contributed by atoms with E-state index < -0.39 is 5.91 Å². The quantitative estimate of drug-likeness (QED) is 0.884. The third kappa shape index (κ3) is 3.26. The normalized spacial score (nSPS) is 10.3. The summed E-state index contributed by atoms with van der Waals surface area (Å²) >= 11 is 4.69. The average molecular weight is 353 g/mol. The number of nitrogens with one attached hydrogen (secondary N) is 1. The van der Waals surface area contributed by atoms with Crippen LogP contribution in [0.3, 0.4) is 0 Å². The molecule has 1 aromatic carbocycles. The Bertz CT molecular complexity index is 667. The van der Waals surface area contributed by atoms with E-state index in [1.165, 1.54) is 11.3 Å². The van der Waals surface area contributed by atoms with Gasteiger partial charge in [0, 0.05) is 14.9 Å². The Balaban J connectivity index is 2.27. The minimum absolute atomic E-state index is 0.265. The Hall–Kier alpha value is -1.66. The van der Waals surface area contributed by atoms with E-state index in [-0.39, 0.29) is 5.91 Å². The van der Waals surface area contributed by atoms with Gasteiger partial charge in [-0.2, -0.15) is 0 Å². The number of carbonyl (C=O) groups is 2. The number of rotatable bonds is 4. The van der Waals surface area contributed by atoms with Gasteiger partial charge in [0.05, 0.1) is 5.56 Å². The summed E-state index contributed by atoms with van der Waals surface area (Å²) in [6.45, 7) is 1.98. The molecule has 2 amide bonds. The fourth-order valence-corrected chi connectivity index (χ4v) is 3.09. The lowest BCUT2D eigenvalue weighted by molar-refractivity contribution is 0.100. The number of hydrogen-bond acceptors (Lipinski definition) is 3. The summed E-state index contributed by atoms with van der Waals surface area (Å²) in [6.07, 6.45) is 0.789. The second-order valence-electron chi connectivity index (χ2n) is 4.14. The highest BCUT2D eigenvalue weighted by Gasteiger charge is 2.16. The van der Waals surface area contributed by atoms with Gasteiger partial charge < -0.3 is 11.1 Å². The molecule has 3 N–H and O–H groups in total. The van der Waals surface area contributed by atoms with E-state index >= 15 is 0 Å². The molecule has 0 saturated heterocycles. The van der Waals surface area contributed by atoms with Crippen molar-refractivity contribution in [2.75, 3.05) is 5.32 Å². The molecule has 0 atom stereocenters. The number of halogens is 1. The smallest absolute Gasteiger partial charge is 0.256 e. The van der Waals surface area contributed by atoms with Crippen molar-refractivity contribution < 1.29 is 9.59 Å². The topological polar surface area (TPSA) is 72.2 Å². The van der Waals surface area contributed by atoms with Gasteiger partial charge in [-0.05, 0) is 30.7 Å². The molecule has 0 aliphatic heterocycles. The number of carbonyl (C=O) groups excluding carboxylic acids is 2. The van der Waals surface area contributed by atoms with Crippen LogP contribution >= 0.6 is 27.3 Å². The van der Waals surface area contributed by atoms with Crippen molar-refractivity contribution in [3.63, 3.8) is 0 Å². The van der Waals surface area contributed by atoms with E-state index in [1.807, 2.05) is 13.0 Å². The molecule has 104 valence electrons. The van der Waals surface area contributed by atoms with Gasteiger partial charge in [-0.1, -0.05) is 28.9 Å². The third-order valence-corrected chi connectivity index (χ3v) is 4.40. The third-order valence-electron chi connectivity index (χ3n) is 2.71. The zero-order chi connectivity index (χ0) is 14.7. The van der Waals surface area contributed by atoms with Crippen molar-refractivity contribution in [2.45, 2.75) is 13.3 Å². The average Bonchev–Trinajstić information content (AvgIpc) is 2.82. The first kappa shape index (κ1) is 14.7. The molecular formula is C14H13BrN2O2S. The van der Waals surface area contributed by atoms with Crippen LogP contribution in [-0.2, 0) is 6.42 Å². The van der Waals surface area contributed by atoms with Crippen molar-refractivity contribution in [3.05, 3.63) is 50.8 Å². The molecule has 0 spiro atoms. The number of amides is 2. The van der Waals surface area contributed by atoms with Gasteiger partial charge in [-0.15, -0.1) is 11.3 Å². The van der Waals surface area contributed by atoms with Crippen LogP contribution in [0.4, 0.5) is 5.00 Å². The molecule has 0 radical (unpaired) electrons. The van der Waals surface area contributed by atoms with Crippen LogP contribution in [0.2, 0.25) is 0 Å². The Morgan fingerprint density at radius 1 is 1.35 bits per heavy atom. The second kappa shape index (κ2) is 6.19. The fourth-order valence-electron chi connectivity index (χ4n) is 1.70. The van der Waals surface area contributed by atoms with Gasteiger partial charge in [0.1, 0.15) is 5.00 Å². The van der Waals surface area contributed by atoms with E-state index in [4.69, 9.17) is 5.73 Å². The van der Waals surface area contributed by atoms with E-state index in [2.05, 4.69) is 21.2 Å². The first-order valence-electron chi connectivity index (χ1n) is 6.00. The SMILES string of the molecule is CCc1cc(C(N)=O)c(NC(=O)c2cccc(Br)c2)s1. The van der Waals surface area contributed by atoms with Crippen LogP contribution in [0.5, 0.6) is 0 Å². The summed E-state index contributed by atoms with van der Waals surface area (Å²) in [7, 11) is 0. The van der Waals surface area contributed by atoms with Crippen LogP contribution in [0.15, 0.2) is 34.8 Å². The zero-order valence-corrected chi connectivity index (χ0v) is 13.2. The number of primary amides is 1. The van der Waals surface area contributed by atoms with Crippen LogP contribution < -0.4 is 11.1 Å². The monoisotopic (exact) mass is 352 g/mol. The Morgan fingerprint density at radius 3 is 2.70 bits per heavy atom. The summed E-state index contributed by atoms with van der Waals surface area (Å²) < 4.78 is 0.820. The molecule has 0 unspecified atom stereocenters. The number of anilines is 1. The van der Waals surface area contributed by atoms with Crippen molar-refractivity contribution in [1.29, 1.82) is 0 Å². The van der Waals surface area contributed by atoms with Crippen molar-refractivity contribution >= 4 is 44.1 Å². The zero-order valence-electron chi connectivity index (χ0n) is 10.8. The van der Waals surface area contributed by atoms with Crippen LogP contribution in [0, 0.1) is 0 Å². The van der Waals surface area contributed by atoms with Crippen LogP contribution in [-0.4, -0.2) is 11.8 Å². The fraction of sp³-hybridized carbons (Fsp3) is 0.143. The second-order valence-corrected chi connectivity index (χ2v) is 6.19. The van der Waals surface area contributed by atoms with Crippen LogP contribution in [0.1, 0.15) is 32.5 Å². The first-order chi connectivity index (χ1) is 9.51. The molecule has 0 aliphatic rings. The van der Waals surface area contributed by atoms with Gasteiger partial charge in [-0.3, -0.25) is 9.59 Å². The van der Waals surface area contributed by atoms with E-state index in [1.54, 1.807) is 24.3 Å². The number of benzene rings is 1. The molecule has 0 bridgehead atoms. The summed E-state index contributed by atoms with van der Waals surface area (Å²) in [5, 5.41) is 3.25. The minimum Gasteiger partial charge on any atom is -0.366 e. The molecular weight excluding hydrogens is 340 g/mol. The molecule has 1 aromatic heterocycles. The van der Waals surface area contributed by atoms with Gasteiger partial charge in [0.25, 0.3) is 11.8 Å². The molecule has 4 nitrogen and oxygen atoms in total. The lowest BCUT2D eigenvalue weighted by Gasteiger charge is -2.04. The molecule has 2 aromatic rings. The maximum absolute atomic E-state index is 12.2. The number of nitrogens with two attached hydrogens (primary N) is 1. The summed E-state index contributed by atoms with van der Waals surface area (Å²) in [4.78, 5) is 24.6. The number of thiophene rings is 1. The minimum atomic E-state index is -0.537. The molecule has 20 heavy (non-hydrogen) atoms. The van der Waals surface area contributed by atoms with Crippen molar-refractivity contribution in [3.8, 4) is 0 Å². The molecule has 6 heteroatoms. The Kier molecular flexibility index (Phi) is 4.57. The summed E-state index contributed by atoms with van der Waals surface area (Å²) in [5.74, 6) is -0.802. The first-order valence-corrected chi connectivity index (χ1v) is 7.61. The number of aryl methyl sites for hydroxylation is 1. The molecule has 0 saturated carbocycles. The predicted octanol–water partition coefficient (Wildman–Crippen LogP) is 3.42. The standard InChI is InChI=1S/C14H13BrN2O2S/c1-2-10-7-11(12(16)18)14(20-10)17-13(19)8-4-3-5-9(15)6-8/h3-7H,2H2,1H3,(H2,16,18)(H,17,19). The van der Waals surface area contributed by atoms with Crippen molar-refractivity contribution in [1.82, 2.24) is 0 Å². The highest BCUT2D eigenvalue weighted by atomic mass is 79.9. The Morgan fingerprint density at radius 2 is 2.10 bits per heavy atom. The molecule has 0 aliphatic carbocycles. The maximum Gasteiger partial charge on any atom is 0.256 e. The highest BCUT2D eigenvalue weighted by molar-refractivity contribution is 9.10. The Labute approximate surface area is 129 Å².